The predicted octanol–water partition coefficient (Wildman–Crippen LogP) is 2.76. The zero-order valence-corrected chi connectivity index (χ0v) is 12.3. The van der Waals surface area contributed by atoms with Crippen LogP contribution in [0.25, 0.3) is 0 Å². The van der Waals surface area contributed by atoms with Crippen molar-refractivity contribution >= 4 is 39.0 Å². The molecule has 2 heterocycles. The van der Waals surface area contributed by atoms with Crippen molar-refractivity contribution in [3.8, 4) is 0 Å². The summed E-state index contributed by atoms with van der Waals surface area (Å²) < 4.78 is 0.816. The van der Waals surface area contributed by atoms with Crippen LogP contribution in [0, 0.1) is 0 Å². The summed E-state index contributed by atoms with van der Waals surface area (Å²) in [6, 6.07) is 2.16. The molecule has 2 aromatic heterocycles. The van der Waals surface area contributed by atoms with Crippen molar-refractivity contribution in [3.63, 3.8) is 0 Å². The third kappa shape index (κ3) is 2.98. The van der Waals surface area contributed by atoms with Crippen LogP contribution in [0.3, 0.4) is 0 Å². The fourth-order valence-electron chi connectivity index (χ4n) is 1.56. The maximum atomic E-state index is 5.29. The monoisotopic (exact) mass is 327 g/mol. The molecule has 0 aromatic carbocycles. The molecular formula is C11H14BrN5S. The number of aromatic nitrogens is 2. The van der Waals surface area contributed by atoms with Gasteiger partial charge in [-0.15, -0.1) is 11.3 Å². The van der Waals surface area contributed by atoms with Gasteiger partial charge in [-0.05, 0) is 39.4 Å². The summed E-state index contributed by atoms with van der Waals surface area (Å²) in [4.78, 5) is 9.57. The minimum atomic E-state index is 0.391. The topological polar surface area (TPSA) is 75.9 Å². The summed E-state index contributed by atoms with van der Waals surface area (Å²) in [6.07, 6.45) is 2.71. The molecule has 0 amide bonds. The van der Waals surface area contributed by atoms with E-state index in [0.717, 1.165) is 23.3 Å². The molecule has 0 unspecified atom stereocenters. The average molecular weight is 328 g/mol. The van der Waals surface area contributed by atoms with E-state index in [9.17, 15) is 0 Å². The molecule has 0 radical (unpaired) electrons. The van der Waals surface area contributed by atoms with Gasteiger partial charge in [-0.3, -0.25) is 5.43 Å². The van der Waals surface area contributed by atoms with Crippen LogP contribution >= 0.6 is 27.3 Å². The van der Waals surface area contributed by atoms with Gasteiger partial charge >= 0.3 is 0 Å². The Morgan fingerprint density at radius 2 is 2.33 bits per heavy atom. The number of aryl methyl sites for hydroxylation is 1. The van der Waals surface area contributed by atoms with Crippen LogP contribution in [0.1, 0.15) is 17.4 Å². The molecule has 0 saturated carbocycles. The highest BCUT2D eigenvalue weighted by atomic mass is 79.9. The van der Waals surface area contributed by atoms with Crippen LogP contribution in [0.5, 0.6) is 0 Å². The molecule has 2 rings (SSSR count). The van der Waals surface area contributed by atoms with E-state index in [4.69, 9.17) is 5.84 Å². The average Bonchev–Trinajstić information content (AvgIpc) is 2.85. The van der Waals surface area contributed by atoms with E-state index in [1.54, 1.807) is 17.5 Å². The second-order valence-corrected chi connectivity index (χ2v) is 5.47. The Labute approximate surface area is 118 Å². The van der Waals surface area contributed by atoms with Crippen LogP contribution < -0.4 is 16.6 Å². The van der Waals surface area contributed by atoms with Crippen molar-refractivity contribution in [2.45, 2.75) is 19.9 Å². The number of hydrogen-bond donors (Lipinski definition) is 3. The van der Waals surface area contributed by atoms with Gasteiger partial charge in [-0.1, -0.05) is 6.92 Å². The van der Waals surface area contributed by atoms with Crippen LogP contribution in [0.4, 0.5) is 11.8 Å². The second-order valence-electron chi connectivity index (χ2n) is 3.61. The molecule has 0 spiro atoms. The van der Waals surface area contributed by atoms with Crippen LogP contribution in [-0.2, 0) is 13.0 Å². The van der Waals surface area contributed by atoms with Crippen molar-refractivity contribution in [1.29, 1.82) is 0 Å². The molecular weight excluding hydrogens is 314 g/mol. The highest BCUT2D eigenvalue weighted by Crippen LogP contribution is 2.23. The van der Waals surface area contributed by atoms with Crippen molar-refractivity contribution in [2.24, 2.45) is 5.84 Å². The van der Waals surface area contributed by atoms with Gasteiger partial charge in [-0.25, -0.2) is 10.8 Å². The quantitative estimate of drug-likeness (QED) is 0.581. The van der Waals surface area contributed by atoms with Crippen molar-refractivity contribution in [2.75, 3.05) is 10.7 Å². The molecule has 4 N–H and O–H groups in total. The largest absolute Gasteiger partial charge is 0.364 e. The number of hydrogen-bond acceptors (Lipinski definition) is 6. The van der Waals surface area contributed by atoms with Gasteiger partial charge in [0.25, 0.3) is 0 Å². The van der Waals surface area contributed by atoms with E-state index < -0.39 is 0 Å². The Hall–Kier alpha value is -1.18. The SMILES string of the molecule is CCc1ccsc1CNc1nc(NN)ncc1Br. The summed E-state index contributed by atoms with van der Waals surface area (Å²) in [7, 11) is 0. The first kappa shape index (κ1) is 13.3. The van der Waals surface area contributed by atoms with Gasteiger partial charge in [0.15, 0.2) is 0 Å². The number of halogens is 1. The highest BCUT2D eigenvalue weighted by Gasteiger charge is 2.06. The third-order valence-corrected chi connectivity index (χ3v) is 4.05. The first-order chi connectivity index (χ1) is 8.74. The molecule has 7 heteroatoms. The third-order valence-electron chi connectivity index (χ3n) is 2.51. The van der Waals surface area contributed by atoms with Crippen molar-refractivity contribution in [3.05, 3.63) is 32.6 Å². The fourth-order valence-corrected chi connectivity index (χ4v) is 2.81. The number of nitrogens with one attached hydrogen (secondary N) is 2. The first-order valence-electron chi connectivity index (χ1n) is 5.52. The number of nitrogens with two attached hydrogens (primary N) is 1. The molecule has 0 fully saturated rings. The lowest BCUT2D eigenvalue weighted by Crippen LogP contribution is -2.12. The molecule has 0 bridgehead atoms. The Balaban J connectivity index is 2.10. The zero-order valence-electron chi connectivity index (χ0n) is 9.90. The van der Waals surface area contributed by atoms with E-state index in [2.05, 4.69) is 55.0 Å². The number of nitrogen functional groups attached to an aromatic ring is 1. The summed E-state index contributed by atoms with van der Waals surface area (Å²) in [5.41, 5.74) is 3.80. The number of rotatable bonds is 5. The van der Waals surface area contributed by atoms with E-state index >= 15 is 0 Å². The van der Waals surface area contributed by atoms with Gasteiger partial charge in [-0.2, -0.15) is 4.98 Å². The lowest BCUT2D eigenvalue weighted by atomic mass is 10.2. The fraction of sp³-hybridized carbons (Fsp3) is 0.273. The minimum Gasteiger partial charge on any atom is -0.364 e. The number of hydrazine groups is 1. The van der Waals surface area contributed by atoms with E-state index in [1.807, 2.05) is 0 Å². The van der Waals surface area contributed by atoms with Crippen LogP contribution in [0.2, 0.25) is 0 Å². The molecule has 0 aliphatic rings. The lowest BCUT2D eigenvalue weighted by molar-refractivity contribution is 1.04. The molecule has 0 saturated heterocycles. The molecule has 0 aliphatic heterocycles. The van der Waals surface area contributed by atoms with Crippen LogP contribution in [0.15, 0.2) is 22.1 Å². The summed E-state index contributed by atoms with van der Waals surface area (Å²) in [5, 5.41) is 5.39. The van der Waals surface area contributed by atoms with Gasteiger partial charge in [0.1, 0.15) is 5.82 Å². The minimum absolute atomic E-state index is 0.391. The summed E-state index contributed by atoms with van der Waals surface area (Å²) >= 11 is 5.15. The Morgan fingerprint density at radius 3 is 3.06 bits per heavy atom. The Morgan fingerprint density at radius 1 is 1.50 bits per heavy atom. The number of thiophene rings is 1. The van der Waals surface area contributed by atoms with E-state index in [-0.39, 0.29) is 0 Å². The highest BCUT2D eigenvalue weighted by molar-refractivity contribution is 9.10. The number of anilines is 2. The summed E-state index contributed by atoms with van der Waals surface area (Å²) in [6.45, 7) is 2.91. The molecule has 18 heavy (non-hydrogen) atoms. The molecule has 0 aliphatic carbocycles. The van der Waals surface area contributed by atoms with Gasteiger partial charge in [0, 0.05) is 11.1 Å². The lowest BCUT2D eigenvalue weighted by Gasteiger charge is -2.08. The second kappa shape index (κ2) is 6.12. The molecule has 2 aromatic rings. The van der Waals surface area contributed by atoms with E-state index in [0.29, 0.717) is 5.95 Å². The van der Waals surface area contributed by atoms with E-state index in [1.165, 1.54) is 10.4 Å². The Bertz CT molecular complexity index is 528. The standard InChI is InChI=1S/C11H14BrN5S/c1-2-7-3-4-18-9(7)6-14-10-8(12)5-15-11(16-10)17-13/h3-5H,2,6,13H2,1H3,(H2,14,15,16,17). The molecule has 96 valence electrons. The zero-order chi connectivity index (χ0) is 13.0. The van der Waals surface area contributed by atoms with Crippen molar-refractivity contribution < 1.29 is 0 Å². The maximum absolute atomic E-state index is 5.29. The normalized spacial score (nSPS) is 10.4. The first-order valence-corrected chi connectivity index (χ1v) is 7.20. The van der Waals surface area contributed by atoms with Crippen LogP contribution in [-0.4, -0.2) is 9.97 Å². The molecule has 0 atom stereocenters. The Kier molecular flexibility index (Phi) is 4.51. The van der Waals surface area contributed by atoms with Crippen molar-refractivity contribution in [1.82, 2.24) is 9.97 Å². The molecule has 5 nitrogen and oxygen atoms in total. The maximum Gasteiger partial charge on any atom is 0.239 e. The van der Waals surface area contributed by atoms with Gasteiger partial charge < -0.3 is 5.32 Å². The van der Waals surface area contributed by atoms with Gasteiger partial charge in [0.2, 0.25) is 5.95 Å². The van der Waals surface area contributed by atoms with Gasteiger partial charge in [0.05, 0.1) is 11.0 Å². The number of nitrogens with zero attached hydrogens (tertiary/aromatic N) is 2. The smallest absolute Gasteiger partial charge is 0.239 e. The predicted molar refractivity (Wildman–Crippen MR) is 78.6 cm³/mol. The summed E-state index contributed by atoms with van der Waals surface area (Å²) in [5.74, 6) is 6.41.